The van der Waals surface area contributed by atoms with Crippen LogP contribution in [0.1, 0.15) is 83.0 Å². The molecule has 2 saturated heterocycles. The number of amides is 4. The van der Waals surface area contributed by atoms with E-state index in [0.29, 0.717) is 47.7 Å². The van der Waals surface area contributed by atoms with Crippen LogP contribution in [0.2, 0.25) is 0 Å². The second-order valence-electron chi connectivity index (χ2n) is 16.2. The number of fused-ring (bicyclic) bond motifs is 2. The van der Waals surface area contributed by atoms with Crippen molar-refractivity contribution in [2.45, 2.75) is 63.3 Å². The Balaban J connectivity index is 0.730. The molecule has 1 unspecified atom stereocenters. The average molecular weight is 786 g/mol. The highest BCUT2D eigenvalue weighted by Gasteiger charge is 2.32. The number of H-pyrrole nitrogens is 1. The fourth-order valence-corrected chi connectivity index (χ4v) is 9.20. The van der Waals surface area contributed by atoms with Crippen LogP contribution in [-0.4, -0.2) is 93.6 Å². The first-order valence-corrected chi connectivity index (χ1v) is 20.5. The SMILES string of the molecule is Cn1nc(C2CCC(=O)NC2=O)c2ccc(N3CCN(CCC4CCC(NC(=O)c5ccc(-c6cc(-c7cc8c([nH]7)CCNC8=O)ccn6)c(F)c5)CC4)CC3)cc21. The van der Waals surface area contributed by atoms with Gasteiger partial charge in [-0.2, -0.15) is 5.10 Å². The lowest BCUT2D eigenvalue weighted by molar-refractivity contribution is -0.134. The van der Waals surface area contributed by atoms with Crippen molar-refractivity contribution in [3.8, 4) is 22.5 Å². The third-order valence-corrected chi connectivity index (χ3v) is 12.6. The van der Waals surface area contributed by atoms with Gasteiger partial charge in [0.05, 0.1) is 28.4 Å². The van der Waals surface area contributed by atoms with E-state index in [1.807, 2.05) is 23.9 Å². The molecule has 58 heavy (non-hydrogen) atoms. The van der Waals surface area contributed by atoms with Gasteiger partial charge < -0.3 is 20.5 Å². The maximum absolute atomic E-state index is 15.5. The van der Waals surface area contributed by atoms with Crippen LogP contribution in [0.5, 0.6) is 0 Å². The molecule has 2 aromatic carbocycles. The summed E-state index contributed by atoms with van der Waals surface area (Å²) in [5.41, 5.74) is 7.01. The Morgan fingerprint density at radius 3 is 2.52 bits per heavy atom. The number of benzene rings is 2. The highest BCUT2D eigenvalue weighted by atomic mass is 19.1. The van der Waals surface area contributed by atoms with Crippen LogP contribution in [0.15, 0.2) is 60.8 Å². The molecule has 6 heterocycles. The molecule has 4 N–H and O–H groups in total. The first kappa shape index (κ1) is 37.7. The van der Waals surface area contributed by atoms with Gasteiger partial charge in [-0.1, -0.05) is 0 Å². The minimum absolute atomic E-state index is 0.0685. The molecule has 3 fully saturated rings. The summed E-state index contributed by atoms with van der Waals surface area (Å²) >= 11 is 0. The van der Waals surface area contributed by atoms with Gasteiger partial charge in [0.25, 0.3) is 11.8 Å². The minimum Gasteiger partial charge on any atom is -0.369 e. The molecule has 4 amide bonds. The summed E-state index contributed by atoms with van der Waals surface area (Å²) < 4.78 is 17.3. The lowest BCUT2D eigenvalue weighted by atomic mass is 9.84. The first-order chi connectivity index (χ1) is 28.2. The second-order valence-corrected chi connectivity index (χ2v) is 16.2. The summed E-state index contributed by atoms with van der Waals surface area (Å²) in [5.74, 6) is -1.16. The Morgan fingerprint density at radius 1 is 0.914 bits per heavy atom. The number of nitrogens with zero attached hydrogens (tertiary/aromatic N) is 5. The maximum atomic E-state index is 15.5. The molecule has 3 aliphatic heterocycles. The number of piperidine rings is 1. The van der Waals surface area contributed by atoms with E-state index in [9.17, 15) is 19.2 Å². The lowest BCUT2D eigenvalue weighted by Gasteiger charge is -2.37. The quantitative estimate of drug-likeness (QED) is 0.151. The summed E-state index contributed by atoms with van der Waals surface area (Å²) in [4.78, 5) is 62.4. The van der Waals surface area contributed by atoms with E-state index in [2.05, 4.69) is 53.9 Å². The molecule has 0 radical (unpaired) electrons. The summed E-state index contributed by atoms with van der Waals surface area (Å²) in [5, 5.41) is 14.1. The van der Waals surface area contributed by atoms with Crippen LogP contribution < -0.4 is 20.9 Å². The Labute approximate surface area is 335 Å². The van der Waals surface area contributed by atoms with Gasteiger partial charge in [0.15, 0.2) is 0 Å². The number of rotatable bonds is 9. The zero-order chi connectivity index (χ0) is 39.9. The van der Waals surface area contributed by atoms with Crippen molar-refractivity contribution in [3.05, 3.63) is 89.1 Å². The van der Waals surface area contributed by atoms with Crippen molar-refractivity contribution in [2.24, 2.45) is 13.0 Å². The molecule has 1 aliphatic carbocycles. The van der Waals surface area contributed by atoms with Gasteiger partial charge in [0.2, 0.25) is 11.8 Å². The van der Waals surface area contributed by atoms with Gasteiger partial charge >= 0.3 is 0 Å². The largest absolute Gasteiger partial charge is 0.369 e. The van der Waals surface area contributed by atoms with Gasteiger partial charge in [-0.05, 0) is 106 Å². The van der Waals surface area contributed by atoms with E-state index in [-0.39, 0.29) is 29.7 Å². The Hall–Kier alpha value is -5.89. The monoisotopic (exact) mass is 785 g/mol. The fraction of sp³-hybridized carbons (Fsp3) is 0.409. The van der Waals surface area contributed by atoms with Crippen LogP contribution in [0.25, 0.3) is 33.4 Å². The first-order valence-electron chi connectivity index (χ1n) is 20.5. The third-order valence-electron chi connectivity index (χ3n) is 12.6. The second kappa shape index (κ2) is 15.8. The number of anilines is 1. The van der Waals surface area contributed by atoms with Crippen molar-refractivity contribution in [1.29, 1.82) is 0 Å². The number of carbonyl (C=O) groups is 4. The molecule has 0 bridgehead atoms. The number of nitrogens with one attached hydrogen (secondary N) is 4. The minimum atomic E-state index is -0.512. The van der Waals surface area contributed by atoms with Crippen molar-refractivity contribution < 1.29 is 23.6 Å². The molecule has 3 aromatic heterocycles. The Bertz CT molecular complexity index is 2410. The van der Waals surface area contributed by atoms with Gasteiger partial charge in [0.1, 0.15) is 5.82 Å². The summed E-state index contributed by atoms with van der Waals surface area (Å²) in [6, 6.07) is 16.4. The molecule has 13 nitrogen and oxygen atoms in total. The molecule has 1 atom stereocenters. The van der Waals surface area contributed by atoms with Crippen LogP contribution in [0, 0.1) is 11.7 Å². The standard InChI is InChI=1S/C44H48FN9O4/c1-52-39-24-30(7-9-32(39)41(51-52)33-10-11-40(55)50-44(33)58)54-20-18-53(19-21-54)17-14-26-2-5-29(6-3-26)48-42(56)28-4-8-31(35(45)22-28)38-23-27(12-15-46-38)37-25-34-36(49-37)13-16-47-43(34)57/h4,7-9,12,15,22-26,29,33,49H,2-3,5-6,10-11,13-14,16-21H2,1H3,(H,47,57)(H,48,56)(H,50,55,58). The van der Waals surface area contributed by atoms with Crippen molar-refractivity contribution in [1.82, 2.24) is 40.6 Å². The molecular weight excluding hydrogens is 738 g/mol. The number of aromatic nitrogens is 4. The number of carbonyl (C=O) groups excluding carboxylic acids is 4. The lowest BCUT2D eigenvalue weighted by Crippen LogP contribution is -2.47. The van der Waals surface area contributed by atoms with E-state index >= 15 is 4.39 Å². The highest BCUT2D eigenvalue weighted by Crippen LogP contribution is 2.34. The predicted octanol–water partition coefficient (Wildman–Crippen LogP) is 5.08. The zero-order valence-corrected chi connectivity index (χ0v) is 32.7. The molecule has 1 saturated carbocycles. The van der Waals surface area contributed by atoms with Crippen LogP contribution in [0.4, 0.5) is 10.1 Å². The van der Waals surface area contributed by atoms with Crippen molar-refractivity contribution >= 4 is 40.2 Å². The van der Waals surface area contributed by atoms with E-state index in [1.165, 1.54) is 6.07 Å². The van der Waals surface area contributed by atoms with Gasteiger partial charge in [-0.15, -0.1) is 0 Å². The van der Waals surface area contributed by atoms with E-state index in [0.717, 1.165) is 110 Å². The van der Waals surface area contributed by atoms with Gasteiger partial charge in [-0.25, -0.2) is 4.39 Å². The van der Waals surface area contributed by atoms with E-state index in [4.69, 9.17) is 5.10 Å². The highest BCUT2D eigenvalue weighted by molar-refractivity contribution is 6.03. The molecule has 4 aliphatic rings. The number of aryl methyl sites for hydroxylation is 1. The number of pyridine rings is 1. The smallest absolute Gasteiger partial charge is 0.253 e. The molecule has 14 heteroatoms. The van der Waals surface area contributed by atoms with Crippen LogP contribution in [0.3, 0.4) is 0 Å². The zero-order valence-electron chi connectivity index (χ0n) is 32.7. The number of hydrogen-bond acceptors (Lipinski definition) is 8. The topological polar surface area (TPSA) is 157 Å². The Morgan fingerprint density at radius 2 is 1.74 bits per heavy atom. The van der Waals surface area contributed by atoms with E-state index < -0.39 is 11.7 Å². The molecule has 0 spiro atoms. The maximum Gasteiger partial charge on any atom is 0.253 e. The summed E-state index contributed by atoms with van der Waals surface area (Å²) in [6.45, 7) is 5.49. The molecule has 300 valence electrons. The number of hydrogen-bond donors (Lipinski definition) is 4. The Kier molecular flexibility index (Phi) is 10.3. The third kappa shape index (κ3) is 7.60. The normalized spacial score (nSPS) is 21.4. The van der Waals surface area contributed by atoms with Gasteiger partial charge in [-0.3, -0.25) is 39.1 Å². The van der Waals surface area contributed by atoms with Gasteiger partial charge in [0, 0.05) is 104 Å². The average Bonchev–Trinajstić information content (AvgIpc) is 3.82. The van der Waals surface area contributed by atoms with Crippen LogP contribution >= 0.6 is 0 Å². The van der Waals surface area contributed by atoms with Crippen molar-refractivity contribution in [3.63, 3.8) is 0 Å². The fourth-order valence-electron chi connectivity index (χ4n) is 9.20. The van der Waals surface area contributed by atoms with E-state index in [1.54, 1.807) is 24.4 Å². The summed E-state index contributed by atoms with van der Waals surface area (Å²) in [6.07, 6.45) is 8.22. The predicted molar refractivity (Wildman–Crippen MR) is 218 cm³/mol. The van der Waals surface area contributed by atoms with Crippen molar-refractivity contribution in [2.75, 3.05) is 44.2 Å². The van der Waals surface area contributed by atoms with Crippen LogP contribution in [-0.2, 0) is 23.1 Å². The molecule has 9 rings (SSSR count). The summed E-state index contributed by atoms with van der Waals surface area (Å²) in [7, 11) is 1.90. The number of halogens is 1. The number of imide groups is 1. The molecule has 5 aromatic rings. The molecular formula is C44H48FN9O4. The number of piperazine rings is 1. The number of aromatic amines is 1.